The van der Waals surface area contributed by atoms with Gasteiger partial charge in [-0.25, -0.2) is 4.39 Å². The summed E-state index contributed by atoms with van der Waals surface area (Å²) in [5.41, 5.74) is 0.811. The Hall–Kier alpha value is -3.41. The highest BCUT2D eigenvalue weighted by atomic mass is 19.1. The normalized spacial score (nSPS) is 14.5. The topological polar surface area (TPSA) is 58.6 Å². The van der Waals surface area contributed by atoms with Crippen LogP contribution in [-0.2, 0) is 4.79 Å². The second-order valence-corrected chi connectivity index (χ2v) is 7.40. The van der Waals surface area contributed by atoms with E-state index >= 15 is 0 Å². The van der Waals surface area contributed by atoms with Crippen LogP contribution < -0.4 is 10.1 Å². The van der Waals surface area contributed by atoms with Gasteiger partial charge in [-0.15, -0.1) is 0 Å². The van der Waals surface area contributed by atoms with E-state index in [1.807, 2.05) is 30.3 Å². The van der Waals surface area contributed by atoms with Crippen molar-refractivity contribution in [3.63, 3.8) is 0 Å². The van der Waals surface area contributed by atoms with Crippen molar-refractivity contribution < 1.29 is 18.7 Å². The summed E-state index contributed by atoms with van der Waals surface area (Å²) in [5, 5.41) is 4.40. The molecule has 4 rings (SSSR count). The minimum atomic E-state index is -0.454. The third-order valence-corrected chi connectivity index (χ3v) is 5.62. The van der Waals surface area contributed by atoms with Crippen molar-refractivity contribution in [1.82, 2.24) is 4.90 Å². The molecule has 5 nitrogen and oxygen atoms in total. The monoisotopic (exact) mass is 406 g/mol. The molecule has 0 aromatic heterocycles. The second-order valence-electron chi connectivity index (χ2n) is 7.40. The Kier molecular flexibility index (Phi) is 5.65. The number of para-hydroxylation sites is 1. The maximum atomic E-state index is 13.8. The molecule has 0 bridgehead atoms. The molecule has 0 aliphatic carbocycles. The van der Waals surface area contributed by atoms with Crippen LogP contribution in [0.2, 0.25) is 0 Å². The van der Waals surface area contributed by atoms with Crippen molar-refractivity contribution in [3.05, 3.63) is 72.0 Å². The third kappa shape index (κ3) is 3.85. The Balaban J connectivity index is 1.44. The summed E-state index contributed by atoms with van der Waals surface area (Å²) in [4.78, 5) is 27.5. The maximum Gasteiger partial charge on any atom is 0.254 e. The number of nitrogens with one attached hydrogen (secondary N) is 1. The molecule has 1 heterocycles. The summed E-state index contributed by atoms with van der Waals surface area (Å²) in [6, 6.07) is 17.4. The molecule has 1 fully saturated rings. The van der Waals surface area contributed by atoms with Gasteiger partial charge in [0.2, 0.25) is 5.91 Å². The van der Waals surface area contributed by atoms with Crippen LogP contribution in [0.3, 0.4) is 0 Å². The van der Waals surface area contributed by atoms with E-state index in [-0.39, 0.29) is 23.4 Å². The zero-order valence-electron chi connectivity index (χ0n) is 16.7. The van der Waals surface area contributed by atoms with Crippen LogP contribution in [0.1, 0.15) is 23.2 Å². The van der Waals surface area contributed by atoms with Crippen LogP contribution in [0.4, 0.5) is 10.1 Å². The number of piperidine rings is 1. The van der Waals surface area contributed by atoms with Crippen LogP contribution in [0.5, 0.6) is 5.75 Å². The third-order valence-electron chi connectivity index (χ3n) is 5.62. The molecular weight excluding hydrogens is 383 g/mol. The average Bonchev–Trinajstić information content (AvgIpc) is 2.79. The van der Waals surface area contributed by atoms with Gasteiger partial charge >= 0.3 is 0 Å². The summed E-state index contributed by atoms with van der Waals surface area (Å²) in [6.45, 7) is 0.961. The molecule has 0 spiro atoms. The number of rotatable bonds is 4. The maximum absolute atomic E-state index is 13.8. The average molecular weight is 406 g/mol. The molecule has 1 N–H and O–H groups in total. The van der Waals surface area contributed by atoms with Gasteiger partial charge < -0.3 is 15.0 Å². The van der Waals surface area contributed by atoms with Gasteiger partial charge in [-0.2, -0.15) is 0 Å². The van der Waals surface area contributed by atoms with Crippen molar-refractivity contribution in [2.75, 3.05) is 25.5 Å². The molecule has 1 saturated heterocycles. The molecule has 1 aliphatic heterocycles. The number of carbonyl (C=O) groups is 2. The first-order valence-corrected chi connectivity index (χ1v) is 9.99. The van der Waals surface area contributed by atoms with Crippen molar-refractivity contribution in [2.24, 2.45) is 5.92 Å². The van der Waals surface area contributed by atoms with Crippen LogP contribution in [0.25, 0.3) is 10.8 Å². The van der Waals surface area contributed by atoms with Gasteiger partial charge in [0.1, 0.15) is 11.6 Å². The molecule has 0 unspecified atom stereocenters. The summed E-state index contributed by atoms with van der Waals surface area (Å²) in [6.07, 6.45) is 1.08. The van der Waals surface area contributed by atoms with Crippen molar-refractivity contribution in [2.45, 2.75) is 12.8 Å². The lowest BCUT2D eigenvalue weighted by molar-refractivity contribution is -0.121. The second kappa shape index (κ2) is 8.53. The minimum Gasteiger partial charge on any atom is -0.496 e. The zero-order valence-corrected chi connectivity index (χ0v) is 16.7. The van der Waals surface area contributed by atoms with Crippen molar-refractivity contribution in [1.29, 1.82) is 0 Å². The summed E-state index contributed by atoms with van der Waals surface area (Å²) in [7, 11) is 1.61. The molecular formula is C24H23FN2O3. The predicted molar refractivity (Wildman–Crippen MR) is 114 cm³/mol. The molecule has 0 saturated carbocycles. The van der Waals surface area contributed by atoms with Crippen LogP contribution in [0.15, 0.2) is 60.7 Å². The molecule has 0 atom stereocenters. The van der Waals surface area contributed by atoms with E-state index in [4.69, 9.17) is 4.74 Å². The fourth-order valence-corrected chi connectivity index (χ4v) is 3.95. The quantitative estimate of drug-likeness (QED) is 0.695. The van der Waals surface area contributed by atoms with E-state index in [2.05, 4.69) is 5.32 Å². The smallest absolute Gasteiger partial charge is 0.254 e. The van der Waals surface area contributed by atoms with Crippen LogP contribution >= 0.6 is 0 Å². The summed E-state index contributed by atoms with van der Waals surface area (Å²) in [5.74, 6) is -0.235. The standard InChI is InChI=1S/C24H23FN2O3/c1-30-22-11-10-19(17-6-2-3-7-18(17)22)24(29)27-14-12-16(13-15-27)23(28)26-21-9-5-4-8-20(21)25/h2-11,16H,12-15H2,1H3,(H,26,28). The number of anilines is 1. The number of likely N-dealkylation sites (tertiary alicyclic amines) is 1. The number of nitrogens with zero attached hydrogens (tertiary/aromatic N) is 1. The van der Waals surface area contributed by atoms with Gasteiger partial charge in [0.25, 0.3) is 5.91 Å². The molecule has 30 heavy (non-hydrogen) atoms. The van der Waals surface area contributed by atoms with Crippen LogP contribution in [-0.4, -0.2) is 36.9 Å². The van der Waals surface area contributed by atoms with E-state index < -0.39 is 5.82 Å². The van der Waals surface area contributed by atoms with Gasteiger partial charge in [-0.05, 0) is 42.5 Å². The minimum absolute atomic E-state index is 0.0539. The Morgan fingerprint density at radius 3 is 2.33 bits per heavy atom. The fourth-order valence-electron chi connectivity index (χ4n) is 3.95. The lowest BCUT2D eigenvalue weighted by atomic mass is 9.94. The Morgan fingerprint density at radius 2 is 1.63 bits per heavy atom. The highest BCUT2D eigenvalue weighted by Crippen LogP contribution is 2.30. The van der Waals surface area contributed by atoms with Crippen molar-refractivity contribution in [3.8, 4) is 5.75 Å². The number of carbonyl (C=O) groups excluding carboxylic acids is 2. The molecule has 1 aliphatic rings. The Morgan fingerprint density at radius 1 is 0.967 bits per heavy atom. The first kappa shape index (κ1) is 19.9. The fraction of sp³-hybridized carbons (Fsp3) is 0.250. The van der Waals surface area contributed by atoms with Gasteiger partial charge in [0.15, 0.2) is 0 Å². The Labute approximate surface area is 174 Å². The molecule has 3 aromatic rings. The number of halogens is 1. The van der Waals surface area contributed by atoms with E-state index in [0.29, 0.717) is 31.5 Å². The highest BCUT2D eigenvalue weighted by Gasteiger charge is 2.29. The number of benzene rings is 3. The molecule has 3 aromatic carbocycles. The Bertz CT molecular complexity index is 1090. The number of methoxy groups -OCH3 is 1. The van der Waals surface area contributed by atoms with E-state index in [0.717, 1.165) is 16.5 Å². The zero-order chi connectivity index (χ0) is 21.1. The van der Waals surface area contributed by atoms with Crippen molar-refractivity contribution >= 4 is 28.3 Å². The van der Waals surface area contributed by atoms with E-state index in [1.54, 1.807) is 36.3 Å². The number of amides is 2. The first-order chi connectivity index (χ1) is 14.6. The van der Waals surface area contributed by atoms with Gasteiger partial charge in [0.05, 0.1) is 12.8 Å². The number of ether oxygens (including phenoxy) is 1. The highest BCUT2D eigenvalue weighted by molar-refractivity contribution is 6.08. The van der Waals surface area contributed by atoms with E-state index in [9.17, 15) is 14.0 Å². The van der Waals surface area contributed by atoms with Gasteiger partial charge in [0, 0.05) is 30.0 Å². The SMILES string of the molecule is COc1ccc(C(=O)N2CCC(C(=O)Nc3ccccc3F)CC2)c2ccccc12. The predicted octanol–water partition coefficient (Wildman–Crippen LogP) is 4.48. The van der Waals surface area contributed by atoms with Crippen LogP contribution in [0, 0.1) is 11.7 Å². The van der Waals surface area contributed by atoms with Gasteiger partial charge in [-0.3, -0.25) is 9.59 Å². The molecule has 154 valence electrons. The summed E-state index contributed by atoms with van der Waals surface area (Å²) >= 11 is 0. The molecule has 6 heteroatoms. The summed E-state index contributed by atoms with van der Waals surface area (Å²) < 4.78 is 19.2. The largest absolute Gasteiger partial charge is 0.496 e. The number of hydrogen-bond acceptors (Lipinski definition) is 3. The van der Waals surface area contributed by atoms with E-state index in [1.165, 1.54) is 6.07 Å². The lowest BCUT2D eigenvalue weighted by Gasteiger charge is -2.31. The number of fused-ring (bicyclic) bond motifs is 1. The molecule has 2 amide bonds. The number of hydrogen-bond donors (Lipinski definition) is 1. The molecule has 0 radical (unpaired) electrons. The van der Waals surface area contributed by atoms with Gasteiger partial charge in [-0.1, -0.05) is 36.4 Å². The lowest BCUT2D eigenvalue weighted by Crippen LogP contribution is -2.41. The first-order valence-electron chi connectivity index (χ1n) is 9.99.